The van der Waals surface area contributed by atoms with E-state index in [-0.39, 0.29) is 6.04 Å². The van der Waals surface area contributed by atoms with Crippen molar-refractivity contribution < 1.29 is 0 Å². The van der Waals surface area contributed by atoms with E-state index in [1.807, 2.05) is 12.4 Å². The zero-order chi connectivity index (χ0) is 22.4. The van der Waals surface area contributed by atoms with Gasteiger partial charge in [0.1, 0.15) is 0 Å². The molecule has 1 N–H and O–H groups in total. The van der Waals surface area contributed by atoms with Crippen molar-refractivity contribution in [1.29, 1.82) is 0 Å². The molecule has 0 fully saturated rings. The minimum atomic E-state index is 0.149. The summed E-state index contributed by atoms with van der Waals surface area (Å²) in [6.07, 6.45) is 12.1. The quantitative estimate of drug-likeness (QED) is 0.439. The van der Waals surface area contributed by atoms with Crippen LogP contribution in [0.25, 0.3) is 27.9 Å². The molecule has 0 saturated carbocycles. The number of allylic oxidation sites excluding steroid dienone is 2. The fourth-order valence-corrected chi connectivity index (χ4v) is 5.32. The fraction of sp³-hybridized carbons (Fsp3) is 0.333. The number of anilines is 1. The molecule has 0 spiro atoms. The van der Waals surface area contributed by atoms with Crippen molar-refractivity contribution in [2.45, 2.75) is 52.0 Å². The molecule has 3 aromatic heterocycles. The number of hydrogen-bond acceptors (Lipinski definition) is 5. The average molecular weight is 437 g/mol. The number of hydrogen-bond donors (Lipinski definition) is 1. The van der Waals surface area contributed by atoms with Gasteiger partial charge in [0, 0.05) is 53.1 Å². The molecule has 1 unspecified atom stereocenters. The second kappa shape index (κ2) is 8.10. The van der Waals surface area contributed by atoms with Gasteiger partial charge >= 0.3 is 0 Å². The Labute approximate surface area is 193 Å². The van der Waals surface area contributed by atoms with Crippen LogP contribution in [0.1, 0.15) is 61.0 Å². The zero-order valence-corrected chi connectivity index (χ0v) is 19.2. The van der Waals surface area contributed by atoms with E-state index in [0.717, 1.165) is 59.6 Å². The summed E-state index contributed by atoms with van der Waals surface area (Å²) in [5.74, 6) is 0.795. The zero-order valence-electron chi connectivity index (χ0n) is 19.2. The topological polar surface area (TPSA) is 70.6 Å². The number of fused-ring (bicyclic) bond motifs is 3. The molecule has 6 nitrogen and oxygen atoms in total. The molecule has 4 heterocycles. The van der Waals surface area contributed by atoms with Crippen LogP contribution >= 0.6 is 0 Å². The van der Waals surface area contributed by atoms with Crippen molar-refractivity contribution in [3.8, 4) is 11.3 Å². The van der Waals surface area contributed by atoms with Gasteiger partial charge in [-0.2, -0.15) is 0 Å². The summed E-state index contributed by atoms with van der Waals surface area (Å²) < 4.78 is 0. The van der Waals surface area contributed by atoms with E-state index in [4.69, 9.17) is 9.97 Å². The monoisotopic (exact) mass is 436 g/mol. The van der Waals surface area contributed by atoms with E-state index in [0.29, 0.717) is 0 Å². The minimum Gasteiger partial charge on any atom is -0.341 e. The van der Waals surface area contributed by atoms with Gasteiger partial charge in [0.05, 0.1) is 11.7 Å². The maximum absolute atomic E-state index is 4.78. The Balaban J connectivity index is 1.35. The molecule has 4 aromatic rings. The van der Waals surface area contributed by atoms with Crippen LogP contribution in [0.4, 0.5) is 5.95 Å². The first kappa shape index (κ1) is 20.1. The van der Waals surface area contributed by atoms with Crippen molar-refractivity contribution in [1.82, 2.24) is 25.1 Å². The van der Waals surface area contributed by atoms with Gasteiger partial charge in [-0.25, -0.2) is 9.97 Å². The lowest BCUT2D eigenvalue weighted by Gasteiger charge is -2.34. The Morgan fingerprint density at radius 3 is 2.67 bits per heavy atom. The lowest BCUT2D eigenvalue weighted by Crippen LogP contribution is -2.35. The van der Waals surface area contributed by atoms with Crippen molar-refractivity contribution in [3.63, 3.8) is 0 Å². The van der Waals surface area contributed by atoms with Crippen LogP contribution in [0.3, 0.4) is 0 Å². The van der Waals surface area contributed by atoms with Crippen molar-refractivity contribution in [2.75, 3.05) is 11.4 Å². The molecule has 0 amide bonds. The highest BCUT2D eigenvalue weighted by Crippen LogP contribution is 2.37. The number of aryl methyl sites for hydroxylation is 1. The van der Waals surface area contributed by atoms with Crippen molar-refractivity contribution in [2.24, 2.45) is 0 Å². The Morgan fingerprint density at radius 2 is 1.88 bits per heavy atom. The predicted molar refractivity (Wildman–Crippen MR) is 132 cm³/mol. The normalized spacial score (nSPS) is 18.3. The minimum absolute atomic E-state index is 0.149. The number of benzene rings is 1. The lowest BCUT2D eigenvalue weighted by molar-refractivity contribution is 0.607. The second-order valence-corrected chi connectivity index (χ2v) is 9.19. The van der Waals surface area contributed by atoms with Crippen LogP contribution in [-0.4, -0.2) is 31.7 Å². The predicted octanol–water partition coefficient (Wildman–Crippen LogP) is 5.80. The van der Waals surface area contributed by atoms with Crippen LogP contribution in [0, 0.1) is 6.92 Å². The van der Waals surface area contributed by atoms with Gasteiger partial charge in [-0.15, -0.1) is 10.2 Å². The Morgan fingerprint density at radius 1 is 1.03 bits per heavy atom. The van der Waals surface area contributed by atoms with Crippen LogP contribution in [0.2, 0.25) is 0 Å². The molecule has 0 saturated heterocycles. The van der Waals surface area contributed by atoms with Gasteiger partial charge in [-0.1, -0.05) is 30.3 Å². The maximum Gasteiger partial charge on any atom is 0.225 e. The Kier molecular flexibility index (Phi) is 4.93. The van der Waals surface area contributed by atoms with Crippen LogP contribution in [-0.2, 0) is 6.42 Å². The third-order valence-corrected chi connectivity index (χ3v) is 7.14. The van der Waals surface area contributed by atoms with E-state index < -0.39 is 0 Å². The van der Waals surface area contributed by atoms with Crippen LogP contribution in [0.5, 0.6) is 0 Å². The molecule has 0 bridgehead atoms. The maximum atomic E-state index is 4.78. The lowest BCUT2D eigenvalue weighted by atomic mass is 9.95. The molecular formula is C27H28N6. The number of H-pyrrole nitrogens is 1. The molecule has 6 rings (SSSR count). The van der Waals surface area contributed by atoms with Crippen LogP contribution < -0.4 is 4.90 Å². The summed E-state index contributed by atoms with van der Waals surface area (Å²) in [5, 5.41) is 10.2. The summed E-state index contributed by atoms with van der Waals surface area (Å²) >= 11 is 0. The van der Waals surface area contributed by atoms with Crippen LogP contribution in [0.15, 0.2) is 48.8 Å². The molecule has 1 aromatic carbocycles. The first-order valence-electron chi connectivity index (χ1n) is 11.9. The van der Waals surface area contributed by atoms with Gasteiger partial charge in [0.2, 0.25) is 5.95 Å². The van der Waals surface area contributed by atoms with E-state index >= 15 is 0 Å². The third-order valence-electron chi connectivity index (χ3n) is 7.14. The van der Waals surface area contributed by atoms with Crippen molar-refractivity contribution in [3.05, 3.63) is 71.2 Å². The van der Waals surface area contributed by atoms with E-state index in [9.17, 15) is 0 Å². The molecule has 6 heteroatoms. The molecule has 166 valence electrons. The highest BCUT2D eigenvalue weighted by Gasteiger charge is 2.30. The van der Waals surface area contributed by atoms with E-state index in [1.54, 1.807) is 0 Å². The first-order valence-corrected chi connectivity index (χ1v) is 11.9. The van der Waals surface area contributed by atoms with Crippen molar-refractivity contribution >= 4 is 22.6 Å². The number of nitrogens with one attached hydrogen (secondary N) is 1. The molecular weight excluding hydrogens is 408 g/mol. The third kappa shape index (κ3) is 3.50. The number of aromatic amines is 1. The molecule has 0 radical (unpaired) electrons. The molecule has 2 aliphatic rings. The number of rotatable bonds is 3. The van der Waals surface area contributed by atoms with E-state index in [2.05, 4.69) is 70.3 Å². The Hall–Kier alpha value is -3.54. The average Bonchev–Trinajstić information content (AvgIpc) is 3.24. The van der Waals surface area contributed by atoms with E-state index in [1.165, 1.54) is 35.2 Å². The SMILES string of the molecule is Cc1ccccc1-c1cc2c3c([nH]c2nn1)CCN(c1ncc(C2=CCCCC2)cn1)C3C. The molecule has 1 aliphatic carbocycles. The molecule has 1 aliphatic heterocycles. The standard InChI is InChI=1S/C27H28N6/c1-17-8-6-7-11-21(17)24-14-22-25-18(2)33(13-12-23(25)30-26(22)32-31-24)27-28-15-20(16-29-27)19-9-4-3-5-10-19/h6-9,11,14-16,18H,3-5,10,12-13H2,1-2H3,(H,30,32). The Bertz CT molecular complexity index is 1350. The van der Waals surface area contributed by atoms with Gasteiger partial charge in [0.15, 0.2) is 5.65 Å². The summed E-state index contributed by atoms with van der Waals surface area (Å²) in [7, 11) is 0. The highest BCUT2D eigenvalue weighted by atomic mass is 15.3. The number of aromatic nitrogens is 5. The molecule has 33 heavy (non-hydrogen) atoms. The van der Waals surface area contributed by atoms with Gasteiger partial charge in [-0.3, -0.25) is 0 Å². The van der Waals surface area contributed by atoms with Gasteiger partial charge in [-0.05, 0) is 56.7 Å². The highest BCUT2D eigenvalue weighted by molar-refractivity contribution is 5.86. The second-order valence-electron chi connectivity index (χ2n) is 9.19. The van der Waals surface area contributed by atoms with Gasteiger partial charge < -0.3 is 9.88 Å². The fourth-order valence-electron chi connectivity index (χ4n) is 5.32. The summed E-state index contributed by atoms with van der Waals surface area (Å²) in [4.78, 5) is 15.4. The smallest absolute Gasteiger partial charge is 0.225 e. The number of nitrogens with zero attached hydrogens (tertiary/aromatic N) is 5. The largest absolute Gasteiger partial charge is 0.341 e. The summed E-state index contributed by atoms with van der Waals surface area (Å²) in [5.41, 5.74) is 9.16. The van der Waals surface area contributed by atoms with Gasteiger partial charge in [0.25, 0.3) is 0 Å². The summed E-state index contributed by atoms with van der Waals surface area (Å²) in [6.45, 7) is 5.23. The first-order chi connectivity index (χ1) is 16.2. The molecule has 1 atom stereocenters. The summed E-state index contributed by atoms with van der Waals surface area (Å²) in [6, 6.07) is 10.7.